The molecule has 0 spiro atoms. The Morgan fingerprint density at radius 1 is 1.25 bits per heavy atom. The molecule has 6 nitrogen and oxygen atoms in total. The predicted octanol–water partition coefficient (Wildman–Crippen LogP) is 2.86. The van der Waals surface area contributed by atoms with Gasteiger partial charge in [0.05, 0.1) is 35.9 Å². The van der Waals surface area contributed by atoms with Gasteiger partial charge in [0.15, 0.2) is 0 Å². The molecule has 2 aromatic heterocycles. The van der Waals surface area contributed by atoms with Crippen LogP contribution in [0, 0.1) is 18.3 Å². The molecule has 4 aromatic rings. The summed E-state index contributed by atoms with van der Waals surface area (Å²) >= 11 is 0. The fourth-order valence-electron chi connectivity index (χ4n) is 2.78. The van der Waals surface area contributed by atoms with Gasteiger partial charge in [0, 0.05) is 12.6 Å². The Bertz CT molecular complexity index is 1120. The molecule has 2 aromatic carbocycles. The number of rotatable bonds is 2. The van der Waals surface area contributed by atoms with Gasteiger partial charge in [0.2, 0.25) is 5.52 Å². The monoisotopic (exact) mass is 315 g/mol. The average Bonchev–Trinajstić information content (AvgIpc) is 3.05. The van der Waals surface area contributed by atoms with Crippen LogP contribution in [0.3, 0.4) is 0 Å². The number of anilines is 2. The maximum Gasteiger partial charge on any atom is 0.295 e. The van der Waals surface area contributed by atoms with E-state index >= 15 is 0 Å². The largest absolute Gasteiger partial charge is 0.350 e. The van der Waals surface area contributed by atoms with Crippen molar-refractivity contribution in [3.05, 3.63) is 54.2 Å². The van der Waals surface area contributed by atoms with Crippen molar-refractivity contribution in [1.29, 1.82) is 5.26 Å². The molecule has 6 heteroatoms. The van der Waals surface area contributed by atoms with Crippen LogP contribution in [0.1, 0.15) is 11.4 Å². The molecule has 0 radical (unpaired) electrons. The lowest BCUT2D eigenvalue weighted by Crippen LogP contribution is -2.32. The zero-order valence-corrected chi connectivity index (χ0v) is 13.3. The topological polar surface area (TPSA) is 81.3 Å². The number of nitriles is 1. The standard InChI is InChI=1S/C18H14N6/c1-11-22-16-13(9-24(11)2)7-15-17(21-10-20-15)18(16)23-14-5-3-4-12(6-14)8-19/h3-7,9-10,23H,1-2H3/p+1. The molecule has 0 atom stereocenters. The molecule has 0 bridgehead atoms. The van der Waals surface area contributed by atoms with Gasteiger partial charge in [0.25, 0.3) is 5.82 Å². The SMILES string of the molecule is Cc1nc2c(Nc3cccc(C#N)c3)c3nc[nH]c3cc2c[n+]1C. The van der Waals surface area contributed by atoms with Crippen molar-refractivity contribution in [3.63, 3.8) is 0 Å². The molecule has 0 aliphatic rings. The van der Waals surface area contributed by atoms with E-state index in [1.54, 1.807) is 12.4 Å². The molecular formula is C18H15N6+. The Balaban J connectivity index is 1.98. The van der Waals surface area contributed by atoms with Crippen LogP contribution in [0.15, 0.2) is 42.9 Å². The summed E-state index contributed by atoms with van der Waals surface area (Å²) in [6, 6.07) is 11.6. The number of imidazole rings is 1. The third-order valence-corrected chi connectivity index (χ3v) is 4.09. The van der Waals surface area contributed by atoms with E-state index in [-0.39, 0.29) is 0 Å². The highest BCUT2D eigenvalue weighted by molar-refractivity contribution is 6.07. The Kier molecular flexibility index (Phi) is 3.14. The zero-order valence-electron chi connectivity index (χ0n) is 13.3. The lowest BCUT2D eigenvalue weighted by atomic mass is 10.1. The van der Waals surface area contributed by atoms with Crippen molar-refractivity contribution in [2.75, 3.05) is 5.32 Å². The first kappa shape index (κ1) is 14.2. The van der Waals surface area contributed by atoms with E-state index in [0.29, 0.717) is 5.56 Å². The average molecular weight is 315 g/mol. The second kappa shape index (κ2) is 5.32. The minimum Gasteiger partial charge on any atom is -0.350 e. The number of hydrogen-bond donors (Lipinski definition) is 2. The minimum atomic E-state index is 0.606. The summed E-state index contributed by atoms with van der Waals surface area (Å²) in [5, 5.41) is 13.5. The third-order valence-electron chi connectivity index (χ3n) is 4.09. The molecule has 2 heterocycles. The third kappa shape index (κ3) is 2.23. The van der Waals surface area contributed by atoms with Crippen molar-refractivity contribution >= 4 is 33.3 Å². The molecule has 0 saturated carbocycles. The maximum atomic E-state index is 9.10. The van der Waals surface area contributed by atoms with Gasteiger partial charge in [-0.1, -0.05) is 6.07 Å². The first-order valence-electron chi connectivity index (χ1n) is 7.56. The van der Waals surface area contributed by atoms with Crippen LogP contribution in [0.25, 0.3) is 21.9 Å². The van der Waals surface area contributed by atoms with Gasteiger partial charge in [-0.25, -0.2) is 9.55 Å². The number of aromatic nitrogens is 4. The van der Waals surface area contributed by atoms with Gasteiger partial charge >= 0.3 is 0 Å². The molecule has 2 N–H and O–H groups in total. The maximum absolute atomic E-state index is 9.10. The molecule has 0 aliphatic carbocycles. The highest BCUT2D eigenvalue weighted by Gasteiger charge is 2.18. The zero-order chi connectivity index (χ0) is 16.7. The molecular weight excluding hydrogens is 300 g/mol. The predicted molar refractivity (Wildman–Crippen MR) is 91.7 cm³/mol. The number of nitrogens with one attached hydrogen (secondary N) is 2. The number of nitrogens with zero attached hydrogens (tertiary/aromatic N) is 4. The van der Waals surface area contributed by atoms with Gasteiger partial charge in [-0.3, -0.25) is 0 Å². The van der Waals surface area contributed by atoms with Crippen LogP contribution in [0.4, 0.5) is 11.4 Å². The Hall–Kier alpha value is -3.46. The van der Waals surface area contributed by atoms with E-state index in [0.717, 1.165) is 39.1 Å². The first-order chi connectivity index (χ1) is 11.7. The Labute approximate surface area is 138 Å². The van der Waals surface area contributed by atoms with Crippen molar-refractivity contribution in [2.24, 2.45) is 7.05 Å². The number of hydrogen-bond acceptors (Lipinski definition) is 4. The van der Waals surface area contributed by atoms with Crippen LogP contribution in [-0.2, 0) is 7.05 Å². The van der Waals surface area contributed by atoms with Crippen molar-refractivity contribution in [3.8, 4) is 6.07 Å². The fourth-order valence-corrected chi connectivity index (χ4v) is 2.78. The lowest BCUT2D eigenvalue weighted by Gasteiger charge is -2.09. The molecule has 0 amide bonds. The van der Waals surface area contributed by atoms with Crippen LogP contribution >= 0.6 is 0 Å². The number of benzene rings is 2. The Morgan fingerprint density at radius 2 is 2.12 bits per heavy atom. The van der Waals surface area contributed by atoms with E-state index in [9.17, 15) is 0 Å². The summed E-state index contributed by atoms with van der Waals surface area (Å²) in [5.74, 6) is 0.909. The second-order valence-electron chi connectivity index (χ2n) is 5.70. The number of H-pyrrole nitrogens is 1. The van der Waals surface area contributed by atoms with Crippen molar-refractivity contribution in [2.45, 2.75) is 6.92 Å². The van der Waals surface area contributed by atoms with Crippen LogP contribution in [-0.4, -0.2) is 15.0 Å². The summed E-state index contributed by atoms with van der Waals surface area (Å²) in [7, 11) is 1.97. The number of fused-ring (bicyclic) bond motifs is 2. The number of aromatic amines is 1. The van der Waals surface area contributed by atoms with E-state index in [1.165, 1.54) is 0 Å². The van der Waals surface area contributed by atoms with Gasteiger partial charge in [-0.15, -0.1) is 0 Å². The minimum absolute atomic E-state index is 0.606. The van der Waals surface area contributed by atoms with E-state index in [4.69, 9.17) is 10.2 Å². The van der Waals surface area contributed by atoms with Crippen LogP contribution in [0.2, 0.25) is 0 Å². The molecule has 0 fully saturated rings. The summed E-state index contributed by atoms with van der Waals surface area (Å²) < 4.78 is 1.99. The lowest BCUT2D eigenvalue weighted by molar-refractivity contribution is -0.679. The Morgan fingerprint density at radius 3 is 2.96 bits per heavy atom. The fraction of sp³-hybridized carbons (Fsp3) is 0.111. The van der Waals surface area contributed by atoms with Gasteiger partial charge in [-0.2, -0.15) is 5.26 Å². The number of aryl methyl sites for hydroxylation is 2. The molecule has 116 valence electrons. The second-order valence-corrected chi connectivity index (χ2v) is 5.70. The summed E-state index contributed by atoms with van der Waals surface area (Å²) in [6.07, 6.45) is 3.72. The first-order valence-corrected chi connectivity index (χ1v) is 7.56. The smallest absolute Gasteiger partial charge is 0.295 e. The van der Waals surface area contributed by atoms with Crippen molar-refractivity contribution < 1.29 is 4.57 Å². The van der Waals surface area contributed by atoms with E-state index < -0.39 is 0 Å². The van der Waals surface area contributed by atoms with Crippen LogP contribution in [0.5, 0.6) is 0 Å². The van der Waals surface area contributed by atoms with Gasteiger partial charge < -0.3 is 10.3 Å². The highest BCUT2D eigenvalue weighted by Crippen LogP contribution is 2.31. The summed E-state index contributed by atoms with van der Waals surface area (Å²) in [4.78, 5) is 12.3. The van der Waals surface area contributed by atoms with E-state index in [2.05, 4.69) is 27.6 Å². The van der Waals surface area contributed by atoms with Crippen LogP contribution < -0.4 is 9.88 Å². The summed E-state index contributed by atoms with van der Waals surface area (Å²) in [5.41, 5.74) is 4.89. The quantitative estimate of drug-likeness (QED) is 0.557. The molecule has 0 aliphatic heterocycles. The van der Waals surface area contributed by atoms with Gasteiger partial charge in [-0.05, 0) is 29.2 Å². The highest BCUT2D eigenvalue weighted by atomic mass is 15.0. The molecule has 24 heavy (non-hydrogen) atoms. The molecule has 0 unspecified atom stereocenters. The van der Waals surface area contributed by atoms with E-state index in [1.807, 2.05) is 42.8 Å². The summed E-state index contributed by atoms with van der Waals surface area (Å²) in [6.45, 7) is 1.97. The normalized spacial score (nSPS) is 10.9. The van der Waals surface area contributed by atoms with Crippen molar-refractivity contribution in [1.82, 2.24) is 15.0 Å². The molecule has 4 rings (SSSR count). The molecule has 0 saturated heterocycles. The van der Waals surface area contributed by atoms with Gasteiger partial charge in [0.1, 0.15) is 17.4 Å².